The van der Waals surface area contributed by atoms with E-state index < -0.39 is 108 Å². The lowest BCUT2D eigenvalue weighted by Crippen LogP contribution is -2.63. The lowest BCUT2D eigenvalue weighted by molar-refractivity contribution is -0.342. The van der Waals surface area contributed by atoms with Gasteiger partial charge in [-0.3, -0.25) is 9.59 Å². The van der Waals surface area contributed by atoms with Gasteiger partial charge < -0.3 is 69.3 Å². The van der Waals surface area contributed by atoms with Crippen LogP contribution in [0.1, 0.15) is 18.6 Å². The topological polar surface area (TPSA) is 266 Å². The van der Waals surface area contributed by atoms with E-state index in [4.69, 9.17) is 23.4 Å². The maximum absolute atomic E-state index is 13.2. The molecule has 2 saturated heterocycles. The molecule has 2 fully saturated rings. The predicted octanol–water partition coefficient (Wildman–Crippen LogP) is -1.51. The number of hydrogen-bond acceptors (Lipinski definition) is 16. The highest BCUT2D eigenvalue weighted by Crippen LogP contribution is 2.44. The van der Waals surface area contributed by atoms with E-state index in [0.717, 1.165) is 19.1 Å². The van der Waals surface area contributed by atoms with E-state index in [1.54, 1.807) is 0 Å². The molecule has 0 aliphatic carbocycles. The van der Waals surface area contributed by atoms with Gasteiger partial charge in [0.05, 0.1) is 12.2 Å². The zero-order valence-electron chi connectivity index (χ0n) is 23.5. The summed E-state index contributed by atoms with van der Waals surface area (Å²) in [5, 5.41) is 93.8. The molecule has 10 atom stereocenters. The van der Waals surface area contributed by atoms with Crippen LogP contribution in [0.5, 0.6) is 17.2 Å². The van der Waals surface area contributed by atoms with Gasteiger partial charge in [0.1, 0.15) is 89.9 Å². The van der Waals surface area contributed by atoms with Crippen molar-refractivity contribution >= 4 is 16.9 Å². The molecule has 45 heavy (non-hydrogen) atoms. The number of carbonyl (C=O) groups excluding carboxylic acids is 1. The second-order valence-corrected chi connectivity index (χ2v) is 10.7. The average Bonchev–Trinajstić information content (AvgIpc) is 2.99. The predicted molar refractivity (Wildman–Crippen MR) is 148 cm³/mol. The molecule has 2 aliphatic rings. The smallest absolute Gasteiger partial charge is 0.302 e. The van der Waals surface area contributed by atoms with Crippen molar-refractivity contribution in [3.8, 4) is 28.6 Å². The van der Waals surface area contributed by atoms with Gasteiger partial charge >= 0.3 is 5.97 Å². The molecule has 0 radical (unpaired) electrons. The van der Waals surface area contributed by atoms with Crippen molar-refractivity contribution in [3.05, 3.63) is 52.2 Å². The number of benzene rings is 2. The first-order chi connectivity index (χ1) is 21.3. The Balaban J connectivity index is 1.61. The van der Waals surface area contributed by atoms with Crippen LogP contribution in [0.15, 0.2) is 45.6 Å². The van der Waals surface area contributed by atoms with E-state index in [-0.39, 0.29) is 17.1 Å². The maximum Gasteiger partial charge on any atom is 0.302 e. The number of aliphatic hydroxyl groups is 6. The summed E-state index contributed by atoms with van der Waals surface area (Å²) < 4.78 is 27.9. The molecule has 0 amide bonds. The normalized spacial score (nSPS) is 32.0. The molecule has 0 spiro atoms. The first-order valence-electron chi connectivity index (χ1n) is 13.7. The van der Waals surface area contributed by atoms with Gasteiger partial charge in [0.2, 0.25) is 0 Å². The van der Waals surface area contributed by atoms with Gasteiger partial charge in [-0.15, -0.1) is 0 Å². The maximum atomic E-state index is 13.2. The molecular weight excluding hydrogens is 604 g/mol. The number of aromatic hydroxyl groups is 3. The molecule has 16 nitrogen and oxygen atoms in total. The third-order valence-corrected chi connectivity index (χ3v) is 7.71. The summed E-state index contributed by atoms with van der Waals surface area (Å²) in [7, 11) is 0. The van der Waals surface area contributed by atoms with E-state index in [1.165, 1.54) is 24.3 Å². The molecular formula is C29H32O16. The van der Waals surface area contributed by atoms with Crippen LogP contribution in [-0.2, 0) is 23.7 Å². The van der Waals surface area contributed by atoms with Crippen LogP contribution in [-0.4, -0.2) is 120 Å². The summed E-state index contributed by atoms with van der Waals surface area (Å²) in [6.45, 7) is -0.312. The Kier molecular flexibility index (Phi) is 9.31. The van der Waals surface area contributed by atoms with Crippen molar-refractivity contribution in [1.82, 2.24) is 0 Å². The molecule has 5 rings (SSSR count). The van der Waals surface area contributed by atoms with Crippen LogP contribution < -0.4 is 5.43 Å². The molecule has 9 N–H and O–H groups in total. The van der Waals surface area contributed by atoms with Crippen molar-refractivity contribution in [1.29, 1.82) is 0 Å². The SMILES string of the molecule is CC(=O)OCC1OC(c2c(O)cc(O)c3c(=O)cc(-c4ccc(O)cc4)oc23)C(O)C(OC2OC(CO)C(O)C(O)C2O)C1O. The van der Waals surface area contributed by atoms with E-state index >= 15 is 0 Å². The molecule has 0 bridgehead atoms. The Morgan fingerprint density at radius 2 is 1.53 bits per heavy atom. The standard InChI is InChI=1S/C29H32O16/c1-10(31)41-9-18-22(37)28(45-29-24(39)23(38)21(36)17(8-30)44-29)25(40)27(43-18)20-14(34)6-13(33)19-15(35)7-16(42-26(19)20)11-2-4-12(32)5-3-11/h2-7,17-18,21-25,27-30,32-34,36-40H,8-9H2,1H3. The van der Waals surface area contributed by atoms with Crippen molar-refractivity contribution in [2.75, 3.05) is 13.2 Å². The number of aliphatic hydroxyl groups excluding tert-OH is 6. The molecule has 244 valence electrons. The van der Waals surface area contributed by atoms with Gasteiger partial charge in [-0.25, -0.2) is 0 Å². The lowest BCUT2D eigenvalue weighted by atomic mass is 9.89. The van der Waals surface area contributed by atoms with Crippen LogP contribution in [0.4, 0.5) is 0 Å². The van der Waals surface area contributed by atoms with Crippen LogP contribution in [0.2, 0.25) is 0 Å². The number of fused-ring (bicyclic) bond motifs is 1. The molecule has 3 heterocycles. The second kappa shape index (κ2) is 12.9. The number of rotatable bonds is 7. The fourth-order valence-corrected chi connectivity index (χ4v) is 5.37. The van der Waals surface area contributed by atoms with Gasteiger partial charge in [-0.05, 0) is 24.3 Å². The summed E-state index contributed by atoms with van der Waals surface area (Å²) in [4.78, 5) is 24.8. The monoisotopic (exact) mass is 636 g/mol. The third-order valence-electron chi connectivity index (χ3n) is 7.71. The van der Waals surface area contributed by atoms with Gasteiger partial charge in [0.25, 0.3) is 0 Å². The van der Waals surface area contributed by atoms with E-state index in [9.17, 15) is 55.5 Å². The number of ether oxygens (including phenoxy) is 4. The molecule has 2 aromatic carbocycles. The minimum Gasteiger partial charge on any atom is -0.508 e. The lowest BCUT2D eigenvalue weighted by Gasteiger charge is -2.46. The Morgan fingerprint density at radius 1 is 0.844 bits per heavy atom. The largest absolute Gasteiger partial charge is 0.508 e. The van der Waals surface area contributed by atoms with Crippen LogP contribution in [0.25, 0.3) is 22.3 Å². The Morgan fingerprint density at radius 3 is 2.18 bits per heavy atom. The van der Waals surface area contributed by atoms with Gasteiger partial charge in [-0.2, -0.15) is 0 Å². The highest BCUT2D eigenvalue weighted by Gasteiger charge is 2.52. The Bertz CT molecular complexity index is 1590. The summed E-state index contributed by atoms with van der Waals surface area (Å²) in [5.74, 6) is -2.28. The van der Waals surface area contributed by atoms with Gasteiger partial charge in [0.15, 0.2) is 17.3 Å². The minimum atomic E-state index is -1.97. The first-order valence-corrected chi connectivity index (χ1v) is 13.7. The highest BCUT2D eigenvalue weighted by molar-refractivity contribution is 5.89. The van der Waals surface area contributed by atoms with Crippen LogP contribution in [0, 0.1) is 0 Å². The molecule has 10 unspecified atom stereocenters. The van der Waals surface area contributed by atoms with Gasteiger partial charge in [-0.1, -0.05) is 0 Å². The summed E-state index contributed by atoms with van der Waals surface area (Å²) in [6, 6.07) is 7.40. The molecule has 0 saturated carbocycles. The van der Waals surface area contributed by atoms with Crippen molar-refractivity contribution < 1.29 is 74.1 Å². The zero-order chi connectivity index (χ0) is 32.7. The molecule has 2 aliphatic heterocycles. The van der Waals surface area contributed by atoms with Crippen LogP contribution >= 0.6 is 0 Å². The van der Waals surface area contributed by atoms with Gasteiger partial charge in [0, 0.05) is 24.6 Å². The van der Waals surface area contributed by atoms with Crippen LogP contribution in [0.3, 0.4) is 0 Å². The number of phenols is 3. The van der Waals surface area contributed by atoms with Crippen molar-refractivity contribution in [3.63, 3.8) is 0 Å². The highest BCUT2D eigenvalue weighted by atomic mass is 16.7. The van der Waals surface area contributed by atoms with Crippen molar-refractivity contribution in [2.45, 2.75) is 68.1 Å². The number of phenolic OH excluding ortho intramolecular Hbond substituents is 3. The first kappa shape index (κ1) is 32.6. The zero-order valence-corrected chi connectivity index (χ0v) is 23.5. The number of carbonyl (C=O) groups is 1. The fraction of sp³-hybridized carbons (Fsp3) is 0.448. The number of esters is 1. The fourth-order valence-electron chi connectivity index (χ4n) is 5.37. The number of hydrogen-bond donors (Lipinski definition) is 9. The summed E-state index contributed by atoms with van der Waals surface area (Å²) in [6.07, 6.45) is -17.5. The van der Waals surface area contributed by atoms with E-state index in [0.29, 0.717) is 5.56 Å². The summed E-state index contributed by atoms with van der Waals surface area (Å²) >= 11 is 0. The quantitative estimate of drug-likeness (QED) is 0.133. The third kappa shape index (κ3) is 6.19. The van der Waals surface area contributed by atoms with E-state index in [1.807, 2.05) is 0 Å². The Hall–Kier alpha value is -3.84. The average molecular weight is 637 g/mol. The van der Waals surface area contributed by atoms with Crippen molar-refractivity contribution in [2.24, 2.45) is 0 Å². The summed E-state index contributed by atoms with van der Waals surface area (Å²) in [5.41, 5.74) is -1.25. The molecule has 3 aromatic rings. The Labute approximate surface area is 253 Å². The minimum absolute atomic E-state index is 0.0605. The second-order valence-electron chi connectivity index (χ2n) is 10.7. The van der Waals surface area contributed by atoms with E-state index in [2.05, 4.69) is 0 Å². The molecule has 1 aromatic heterocycles. The molecule has 16 heteroatoms.